The summed E-state index contributed by atoms with van der Waals surface area (Å²) < 4.78 is 30.1. The summed E-state index contributed by atoms with van der Waals surface area (Å²) in [7, 11) is 1.56. The number of carbonyl (C=O) groups is 1. The molecule has 1 amide bonds. The van der Waals surface area contributed by atoms with Crippen LogP contribution in [0.5, 0.6) is 11.5 Å². The normalized spacial score (nSPS) is 15.4. The number of halogens is 1. The molecule has 32 heavy (non-hydrogen) atoms. The van der Waals surface area contributed by atoms with E-state index in [4.69, 9.17) is 14.2 Å². The second-order valence-electron chi connectivity index (χ2n) is 8.32. The van der Waals surface area contributed by atoms with Gasteiger partial charge in [0.25, 0.3) is 5.91 Å². The summed E-state index contributed by atoms with van der Waals surface area (Å²) in [6.45, 7) is 8.08. The lowest BCUT2D eigenvalue weighted by Gasteiger charge is -2.35. The summed E-state index contributed by atoms with van der Waals surface area (Å²) in [6, 6.07) is 11.6. The monoisotopic (exact) mass is 444 g/mol. The Morgan fingerprint density at radius 1 is 1.12 bits per heavy atom. The third kappa shape index (κ3) is 6.68. The molecule has 1 aliphatic rings. The number of benzene rings is 2. The van der Waals surface area contributed by atoms with Gasteiger partial charge < -0.3 is 19.5 Å². The van der Waals surface area contributed by atoms with Crippen molar-refractivity contribution < 1.29 is 23.4 Å². The minimum atomic E-state index is -0.277. The molecule has 1 aliphatic heterocycles. The van der Waals surface area contributed by atoms with Crippen LogP contribution in [0.1, 0.15) is 42.2 Å². The van der Waals surface area contributed by atoms with E-state index in [0.29, 0.717) is 49.3 Å². The van der Waals surface area contributed by atoms with Crippen LogP contribution in [0.2, 0.25) is 0 Å². The van der Waals surface area contributed by atoms with Gasteiger partial charge >= 0.3 is 0 Å². The molecule has 2 aromatic rings. The molecule has 0 radical (unpaired) electrons. The van der Waals surface area contributed by atoms with Crippen molar-refractivity contribution in [3.8, 4) is 11.5 Å². The van der Waals surface area contributed by atoms with Gasteiger partial charge in [0.05, 0.1) is 33.0 Å². The van der Waals surface area contributed by atoms with Crippen LogP contribution in [0.15, 0.2) is 42.5 Å². The number of ether oxygens (including phenoxy) is 3. The van der Waals surface area contributed by atoms with Crippen molar-refractivity contribution in [1.82, 2.24) is 10.2 Å². The topological polar surface area (TPSA) is 60.0 Å². The van der Waals surface area contributed by atoms with Gasteiger partial charge in [-0.25, -0.2) is 4.39 Å². The van der Waals surface area contributed by atoms with Gasteiger partial charge in [-0.1, -0.05) is 26.0 Å². The second-order valence-corrected chi connectivity index (χ2v) is 8.32. The van der Waals surface area contributed by atoms with E-state index < -0.39 is 0 Å². The van der Waals surface area contributed by atoms with Crippen LogP contribution in [0.4, 0.5) is 4.39 Å². The first-order chi connectivity index (χ1) is 15.5. The summed E-state index contributed by atoms with van der Waals surface area (Å²) in [6.07, 6.45) is 0.942. The maximum absolute atomic E-state index is 13.4. The molecule has 1 heterocycles. The molecule has 1 fully saturated rings. The molecular weight excluding hydrogens is 411 g/mol. The highest BCUT2D eigenvalue weighted by atomic mass is 19.1. The molecule has 7 heteroatoms. The Bertz CT molecular complexity index is 867. The Morgan fingerprint density at radius 3 is 2.50 bits per heavy atom. The molecule has 1 saturated heterocycles. The van der Waals surface area contributed by atoms with Crippen molar-refractivity contribution in [2.45, 2.75) is 26.3 Å². The van der Waals surface area contributed by atoms with E-state index in [-0.39, 0.29) is 17.8 Å². The van der Waals surface area contributed by atoms with Gasteiger partial charge in [0.1, 0.15) is 5.82 Å². The summed E-state index contributed by atoms with van der Waals surface area (Å²) in [4.78, 5) is 15.1. The van der Waals surface area contributed by atoms with E-state index in [1.165, 1.54) is 12.1 Å². The standard InChI is InChI=1S/C25H33FN2O4/c1-18(2)10-13-32-23-9-6-20(16-24(23)30-3)25(29)27-17-22(28-11-14-31-15-12-28)19-4-7-21(26)8-5-19/h4-9,16,18,22H,10-15,17H2,1-3H3,(H,27,29). The summed E-state index contributed by atoms with van der Waals surface area (Å²) in [5.74, 6) is 1.23. The Balaban J connectivity index is 1.67. The highest BCUT2D eigenvalue weighted by Crippen LogP contribution is 2.29. The van der Waals surface area contributed by atoms with Gasteiger partial charge in [0.2, 0.25) is 0 Å². The third-order valence-electron chi connectivity index (χ3n) is 5.58. The van der Waals surface area contributed by atoms with E-state index in [2.05, 4.69) is 24.1 Å². The minimum Gasteiger partial charge on any atom is -0.493 e. The fourth-order valence-corrected chi connectivity index (χ4v) is 3.66. The maximum Gasteiger partial charge on any atom is 0.251 e. The number of morpholine rings is 1. The Kier molecular flexibility index (Phi) is 8.88. The van der Waals surface area contributed by atoms with Crippen molar-refractivity contribution >= 4 is 5.91 Å². The Labute approximate surface area is 189 Å². The first kappa shape index (κ1) is 24.0. The van der Waals surface area contributed by atoms with E-state index in [9.17, 15) is 9.18 Å². The van der Waals surface area contributed by atoms with Crippen molar-refractivity contribution in [3.05, 3.63) is 59.4 Å². The van der Waals surface area contributed by atoms with Crippen LogP contribution in [0.25, 0.3) is 0 Å². The van der Waals surface area contributed by atoms with Crippen LogP contribution in [0.3, 0.4) is 0 Å². The van der Waals surface area contributed by atoms with Crippen LogP contribution < -0.4 is 14.8 Å². The summed E-state index contributed by atoms with van der Waals surface area (Å²) in [5.41, 5.74) is 1.46. The SMILES string of the molecule is COc1cc(C(=O)NCC(c2ccc(F)cc2)N2CCOCC2)ccc1OCCC(C)C. The molecule has 0 saturated carbocycles. The molecule has 0 aliphatic carbocycles. The largest absolute Gasteiger partial charge is 0.493 e. The van der Waals surface area contributed by atoms with Crippen LogP contribution >= 0.6 is 0 Å². The highest BCUT2D eigenvalue weighted by Gasteiger charge is 2.23. The first-order valence-electron chi connectivity index (χ1n) is 11.1. The molecule has 0 bridgehead atoms. The van der Waals surface area contributed by atoms with E-state index >= 15 is 0 Å². The highest BCUT2D eigenvalue weighted by molar-refractivity contribution is 5.94. The molecule has 1 atom stereocenters. The fraction of sp³-hybridized carbons (Fsp3) is 0.480. The average molecular weight is 445 g/mol. The second kappa shape index (κ2) is 11.8. The van der Waals surface area contributed by atoms with E-state index in [1.807, 2.05) is 0 Å². The molecular formula is C25H33FN2O4. The number of hydrogen-bond acceptors (Lipinski definition) is 5. The van der Waals surface area contributed by atoms with Crippen LogP contribution in [-0.2, 0) is 4.74 Å². The molecule has 2 aromatic carbocycles. The number of nitrogens with one attached hydrogen (secondary N) is 1. The molecule has 1 unspecified atom stereocenters. The smallest absolute Gasteiger partial charge is 0.251 e. The van der Waals surface area contributed by atoms with E-state index in [0.717, 1.165) is 25.1 Å². The molecule has 1 N–H and O–H groups in total. The average Bonchev–Trinajstić information content (AvgIpc) is 2.80. The number of methoxy groups -OCH3 is 1. The van der Waals surface area contributed by atoms with Gasteiger partial charge in [-0.3, -0.25) is 9.69 Å². The molecule has 174 valence electrons. The summed E-state index contributed by atoms with van der Waals surface area (Å²) in [5, 5.41) is 3.03. The van der Waals surface area contributed by atoms with Crippen molar-refractivity contribution in [3.63, 3.8) is 0 Å². The number of carbonyl (C=O) groups excluding carboxylic acids is 1. The van der Waals surface area contributed by atoms with Crippen molar-refractivity contribution in [2.75, 3.05) is 46.6 Å². The first-order valence-corrected chi connectivity index (χ1v) is 11.1. The maximum atomic E-state index is 13.4. The van der Waals surface area contributed by atoms with Gasteiger partial charge in [-0.2, -0.15) is 0 Å². The lowest BCUT2D eigenvalue weighted by atomic mass is 10.0. The van der Waals surface area contributed by atoms with Gasteiger partial charge in [0, 0.05) is 25.2 Å². The zero-order valence-corrected chi connectivity index (χ0v) is 19.1. The quantitative estimate of drug-likeness (QED) is 0.599. The van der Waals surface area contributed by atoms with Crippen LogP contribution in [0, 0.1) is 11.7 Å². The predicted octanol–water partition coefficient (Wildman–Crippen LogP) is 4.06. The van der Waals surface area contributed by atoms with Crippen molar-refractivity contribution in [1.29, 1.82) is 0 Å². The lowest BCUT2D eigenvalue weighted by molar-refractivity contribution is 0.0162. The predicted molar refractivity (Wildman–Crippen MR) is 122 cm³/mol. The van der Waals surface area contributed by atoms with Gasteiger partial charge in [-0.05, 0) is 48.2 Å². The number of nitrogens with zero attached hydrogens (tertiary/aromatic N) is 1. The van der Waals surface area contributed by atoms with Gasteiger partial charge in [0.15, 0.2) is 11.5 Å². The molecule has 0 spiro atoms. The number of rotatable bonds is 10. The fourth-order valence-electron chi connectivity index (χ4n) is 3.66. The zero-order valence-electron chi connectivity index (χ0n) is 19.1. The molecule has 0 aromatic heterocycles. The Hall–Kier alpha value is -2.64. The van der Waals surface area contributed by atoms with E-state index in [1.54, 1.807) is 37.4 Å². The minimum absolute atomic E-state index is 0.0658. The number of hydrogen-bond donors (Lipinski definition) is 1. The van der Waals surface area contributed by atoms with Crippen LogP contribution in [-0.4, -0.2) is 57.4 Å². The zero-order chi connectivity index (χ0) is 22.9. The summed E-state index contributed by atoms with van der Waals surface area (Å²) >= 11 is 0. The third-order valence-corrected chi connectivity index (χ3v) is 5.58. The van der Waals surface area contributed by atoms with Crippen molar-refractivity contribution in [2.24, 2.45) is 5.92 Å². The van der Waals surface area contributed by atoms with Gasteiger partial charge in [-0.15, -0.1) is 0 Å². The number of amides is 1. The Morgan fingerprint density at radius 2 is 1.84 bits per heavy atom. The lowest BCUT2D eigenvalue weighted by Crippen LogP contribution is -2.43. The molecule has 3 rings (SSSR count). The molecule has 6 nitrogen and oxygen atoms in total.